The fourth-order valence-electron chi connectivity index (χ4n) is 1.80. The minimum atomic E-state index is -2.54. The Kier molecular flexibility index (Phi) is 7.91. The minimum Gasteiger partial charge on any atom is -0.377 e. The Morgan fingerprint density at radius 3 is 2.48 bits per heavy atom. The lowest BCUT2D eigenvalue weighted by atomic mass is 10.3. The van der Waals surface area contributed by atoms with E-state index in [0.717, 1.165) is 12.1 Å². The molecule has 0 unspecified atom stereocenters. The van der Waals surface area contributed by atoms with Crippen LogP contribution in [0.5, 0.6) is 0 Å². The molecule has 21 heavy (non-hydrogen) atoms. The molecule has 0 aliphatic rings. The van der Waals surface area contributed by atoms with E-state index in [9.17, 15) is 4.79 Å². The van der Waals surface area contributed by atoms with E-state index in [-0.39, 0.29) is 6.03 Å². The third-order valence-electron chi connectivity index (χ3n) is 3.03. The third kappa shape index (κ3) is 6.21. The van der Waals surface area contributed by atoms with Gasteiger partial charge in [0.25, 0.3) is 0 Å². The number of amides is 2. The smallest absolute Gasteiger partial charge is 0.377 e. The highest BCUT2D eigenvalue weighted by Crippen LogP contribution is 2.14. The Bertz CT molecular complexity index is 407. The summed E-state index contributed by atoms with van der Waals surface area (Å²) in [6, 6.07) is 6.00. The second-order valence-electron chi connectivity index (χ2n) is 4.33. The first-order valence-corrected chi connectivity index (χ1v) is 8.66. The molecule has 1 heterocycles. The highest BCUT2D eigenvalue weighted by molar-refractivity contribution is 6.60. The van der Waals surface area contributed by atoms with Gasteiger partial charge in [-0.2, -0.15) is 0 Å². The first kappa shape index (κ1) is 17.6. The number of hydrogen-bond acceptors (Lipinski definition) is 5. The summed E-state index contributed by atoms with van der Waals surface area (Å²) in [6.07, 6.45) is 2.41. The normalized spacial score (nSPS) is 11.2. The van der Waals surface area contributed by atoms with Gasteiger partial charge in [0, 0.05) is 40.1 Å². The summed E-state index contributed by atoms with van der Waals surface area (Å²) in [4.78, 5) is 15.7. The molecule has 0 aliphatic carbocycles. The van der Waals surface area contributed by atoms with Crippen LogP contribution in [-0.2, 0) is 19.8 Å². The van der Waals surface area contributed by atoms with E-state index in [1.165, 1.54) is 0 Å². The van der Waals surface area contributed by atoms with Crippen molar-refractivity contribution in [1.29, 1.82) is 0 Å². The van der Waals surface area contributed by atoms with Crippen molar-refractivity contribution in [2.24, 2.45) is 0 Å². The van der Waals surface area contributed by atoms with Crippen LogP contribution in [0.3, 0.4) is 0 Å². The SMILES string of the molecule is CO[Si](CCCNC(=O)NCc1ccccn1)(OC)OC. The fourth-order valence-corrected chi connectivity index (χ4v) is 3.52. The number of nitrogens with one attached hydrogen (secondary N) is 2. The molecular formula is C13H23N3O4Si. The molecule has 2 N–H and O–H groups in total. The Hall–Kier alpha value is -1.48. The summed E-state index contributed by atoms with van der Waals surface area (Å²) >= 11 is 0. The summed E-state index contributed by atoms with van der Waals surface area (Å²) in [5.74, 6) is 0. The monoisotopic (exact) mass is 313 g/mol. The Balaban J connectivity index is 2.19. The standard InChI is InChI=1S/C13H23N3O4Si/c1-18-21(19-2,20-3)10-6-9-15-13(17)16-11-12-7-4-5-8-14-12/h4-5,7-8H,6,9-11H2,1-3H3,(H2,15,16,17). The van der Waals surface area contributed by atoms with Crippen LogP contribution in [0.25, 0.3) is 0 Å². The Morgan fingerprint density at radius 2 is 1.90 bits per heavy atom. The quantitative estimate of drug-likeness (QED) is 0.528. The number of carbonyl (C=O) groups excluding carboxylic acids is 1. The summed E-state index contributed by atoms with van der Waals surface area (Å²) < 4.78 is 15.9. The number of urea groups is 1. The van der Waals surface area contributed by atoms with Crippen molar-refractivity contribution in [3.8, 4) is 0 Å². The largest absolute Gasteiger partial charge is 0.500 e. The van der Waals surface area contributed by atoms with Crippen LogP contribution in [0.1, 0.15) is 12.1 Å². The second kappa shape index (κ2) is 9.45. The van der Waals surface area contributed by atoms with Crippen LogP contribution in [0.4, 0.5) is 4.79 Å². The Labute approximate surface area is 126 Å². The van der Waals surface area contributed by atoms with Crippen molar-refractivity contribution in [3.63, 3.8) is 0 Å². The lowest BCUT2D eigenvalue weighted by Gasteiger charge is -2.24. The highest BCUT2D eigenvalue weighted by Gasteiger charge is 2.36. The van der Waals surface area contributed by atoms with Gasteiger partial charge in [0.15, 0.2) is 0 Å². The number of rotatable bonds is 9. The molecular weight excluding hydrogens is 290 g/mol. The van der Waals surface area contributed by atoms with Gasteiger partial charge in [0.1, 0.15) is 0 Å². The molecule has 0 bridgehead atoms. The predicted molar refractivity (Wildman–Crippen MR) is 80.7 cm³/mol. The Morgan fingerprint density at radius 1 is 1.19 bits per heavy atom. The molecule has 1 aromatic rings. The van der Waals surface area contributed by atoms with Crippen molar-refractivity contribution in [3.05, 3.63) is 30.1 Å². The number of carbonyl (C=O) groups is 1. The lowest BCUT2D eigenvalue weighted by Crippen LogP contribution is -2.43. The molecule has 0 aromatic carbocycles. The van der Waals surface area contributed by atoms with E-state index in [4.69, 9.17) is 13.3 Å². The van der Waals surface area contributed by atoms with Gasteiger partial charge < -0.3 is 23.9 Å². The van der Waals surface area contributed by atoms with Gasteiger partial charge in [0.05, 0.1) is 12.2 Å². The van der Waals surface area contributed by atoms with Crippen LogP contribution in [0, 0.1) is 0 Å². The van der Waals surface area contributed by atoms with Gasteiger partial charge in [-0.25, -0.2) is 4.79 Å². The lowest BCUT2D eigenvalue weighted by molar-refractivity contribution is 0.123. The van der Waals surface area contributed by atoms with E-state index in [0.29, 0.717) is 19.1 Å². The summed E-state index contributed by atoms with van der Waals surface area (Å²) in [5.41, 5.74) is 0.817. The predicted octanol–water partition coefficient (Wildman–Crippen LogP) is 1.15. The number of pyridine rings is 1. The first-order chi connectivity index (χ1) is 10.2. The van der Waals surface area contributed by atoms with Crippen molar-refractivity contribution in [2.45, 2.75) is 19.0 Å². The van der Waals surface area contributed by atoms with Crippen LogP contribution < -0.4 is 10.6 Å². The molecule has 0 saturated heterocycles. The molecule has 0 fully saturated rings. The van der Waals surface area contributed by atoms with Gasteiger partial charge in [-0.15, -0.1) is 0 Å². The second-order valence-corrected chi connectivity index (χ2v) is 7.42. The molecule has 7 nitrogen and oxygen atoms in total. The van der Waals surface area contributed by atoms with Gasteiger partial charge in [-0.05, 0) is 18.6 Å². The maximum absolute atomic E-state index is 11.6. The maximum Gasteiger partial charge on any atom is 0.500 e. The van der Waals surface area contributed by atoms with Crippen molar-refractivity contribution in [1.82, 2.24) is 15.6 Å². The average Bonchev–Trinajstić information content (AvgIpc) is 2.55. The van der Waals surface area contributed by atoms with Crippen molar-refractivity contribution < 1.29 is 18.1 Å². The first-order valence-electron chi connectivity index (χ1n) is 6.73. The third-order valence-corrected chi connectivity index (χ3v) is 5.87. The van der Waals surface area contributed by atoms with Gasteiger partial charge in [0.2, 0.25) is 0 Å². The molecule has 0 aliphatic heterocycles. The number of nitrogens with zero attached hydrogens (tertiary/aromatic N) is 1. The van der Waals surface area contributed by atoms with E-state index < -0.39 is 8.80 Å². The summed E-state index contributed by atoms with van der Waals surface area (Å²) in [6.45, 7) is 0.929. The van der Waals surface area contributed by atoms with Crippen molar-refractivity contribution in [2.75, 3.05) is 27.9 Å². The molecule has 8 heteroatoms. The zero-order valence-electron chi connectivity index (χ0n) is 12.7. The average molecular weight is 313 g/mol. The molecule has 2 amide bonds. The molecule has 1 rings (SSSR count). The van der Waals surface area contributed by atoms with Crippen LogP contribution in [0.15, 0.2) is 24.4 Å². The van der Waals surface area contributed by atoms with Gasteiger partial charge in [-0.3, -0.25) is 4.98 Å². The summed E-state index contributed by atoms with van der Waals surface area (Å²) in [5, 5.41) is 5.52. The van der Waals surface area contributed by atoms with E-state index in [1.807, 2.05) is 18.2 Å². The molecule has 0 spiro atoms. The van der Waals surface area contributed by atoms with Crippen molar-refractivity contribution >= 4 is 14.8 Å². The molecule has 1 aromatic heterocycles. The van der Waals surface area contributed by atoms with E-state index >= 15 is 0 Å². The maximum atomic E-state index is 11.6. The van der Waals surface area contributed by atoms with E-state index in [2.05, 4.69) is 15.6 Å². The molecule has 0 atom stereocenters. The fraction of sp³-hybridized carbons (Fsp3) is 0.538. The van der Waals surface area contributed by atoms with Gasteiger partial charge in [-0.1, -0.05) is 6.07 Å². The number of hydrogen-bond donors (Lipinski definition) is 2. The van der Waals surface area contributed by atoms with Gasteiger partial charge >= 0.3 is 14.8 Å². The zero-order chi connectivity index (χ0) is 15.6. The van der Waals surface area contributed by atoms with Crippen LogP contribution in [0.2, 0.25) is 6.04 Å². The molecule has 0 saturated carbocycles. The molecule has 0 radical (unpaired) electrons. The van der Waals surface area contributed by atoms with Crippen LogP contribution >= 0.6 is 0 Å². The topological polar surface area (TPSA) is 81.7 Å². The molecule has 118 valence electrons. The number of aromatic nitrogens is 1. The zero-order valence-corrected chi connectivity index (χ0v) is 13.7. The van der Waals surface area contributed by atoms with E-state index in [1.54, 1.807) is 27.5 Å². The summed E-state index contributed by atoms with van der Waals surface area (Å²) in [7, 11) is 2.18. The minimum absolute atomic E-state index is 0.222. The highest BCUT2D eigenvalue weighted by atomic mass is 28.4. The van der Waals surface area contributed by atoms with Crippen LogP contribution in [-0.4, -0.2) is 47.7 Å².